The first-order chi connectivity index (χ1) is 14.0. The highest BCUT2D eigenvalue weighted by atomic mass is 35.5. The topological polar surface area (TPSA) is 53.1 Å². The number of morpholine rings is 1. The molecule has 0 saturated carbocycles. The van der Waals surface area contributed by atoms with Crippen LogP contribution >= 0.6 is 11.6 Å². The smallest absolute Gasteiger partial charge is 0.254 e. The first kappa shape index (κ1) is 20.6. The number of hydrogen-bond acceptors (Lipinski definition) is 4. The Labute approximate surface area is 177 Å². The van der Waals surface area contributed by atoms with E-state index in [2.05, 4.69) is 11.9 Å². The van der Waals surface area contributed by atoms with Crippen molar-refractivity contribution in [2.75, 3.05) is 52.9 Å². The third-order valence-electron chi connectivity index (χ3n) is 6.68. The first-order valence-electron chi connectivity index (χ1n) is 10.6. The van der Waals surface area contributed by atoms with Crippen LogP contribution in [0.25, 0.3) is 0 Å². The second-order valence-corrected chi connectivity index (χ2v) is 9.10. The predicted octanol–water partition coefficient (Wildman–Crippen LogP) is 2.52. The fourth-order valence-corrected chi connectivity index (χ4v) is 4.87. The van der Waals surface area contributed by atoms with E-state index in [4.69, 9.17) is 16.3 Å². The van der Waals surface area contributed by atoms with Gasteiger partial charge in [0.25, 0.3) is 5.91 Å². The molecule has 1 spiro atoms. The largest absolute Gasteiger partial charge is 0.371 e. The summed E-state index contributed by atoms with van der Waals surface area (Å²) in [5.74, 6) is 0.488. The second-order valence-electron chi connectivity index (χ2n) is 8.67. The molecule has 3 saturated heterocycles. The van der Waals surface area contributed by atoms with Crippen LogP contribution in [0.3, 0.4) is 0 Å². The molecule has 0 aliphatic carbocycles. The van der Waals surface area contributed by atoms with Crippen LogP contribution in [-0.2, 0) is 9.53 Å². The lowest BCUT2D eigenvalue weighted by atomic mass is 9.87. The Morgan fingerprint density at radius 2 is 1.66 bits per heavy atom. The highest BCUT2D eigenvalue weighted by molar-refractivity contribution is 6.30. The van der Waals surface area contributed by atoms with Gasteiger partial charge in [-0.1, -0.05) is 11.6 Å². The van der Waals surface area contributed by atoms with Crippen molar-refractivity contribution in [3.05, 3.63) is 34.9 Å². The average Bonchev–Trinajstić information content (AvgIpc) is 2.74. The van der Waals surface area contributed by atoms with Gasteiger partial charge in [-0.2, -0.15) is 0 Å². The van der Waals surface area contributed by atoms with E-state index in [9.17, 15) is 9.59 Å². The van der Waals surface area contributed by atoms with Crippen molar-refractivity contribution in [3.8, 4) is 0 Å². The number of nitrogens with zero attached hydrogens (tertiary/aromatic N) is 3. The van der Waals surface area contributed by atoms with Gasteiger partial charge in [0.1, 0.15) is 0 Å². The molecule has 0 aromatic heterocycles. The van der Waals surface area contributed by atoms with Crippen LogP contribution in [0.4, 0.5) is 0 Å². The molecule has 158 valence electrons. The summed E-state index contributed by atoms with van der Waals surface area (Å²) < 4.78 is 6.17. The molecule has 3 fully saturated rings. The molecule has 0 bridgehead atoms. The van der Waals surface area contributed by atoms with Crippen LogP contribution in [0.2, 0.25) is 5.02 Å². The Balaban J connectivity index is 1.34. The first-order valence-corrected chi connectivity index (χ1v) is 11.0. The number of amides is 2. The molecule has 1 aromatic rings. The monoisotopic (exact) mass is 419 g/mol. The molecule has 6 nitrogen and oxygen atoms in total. The summed E-state index contributed by atoms with van der Waals surface area (Å²) >= 11 is 5.94. The van der Waals surface area contributed by atoms with E-state index in [0.717, 1.165) is 38.8 Å². The van der Waals surface area contributed by atoms with E-state index in [1.165, 1.54) is 0 Å². The van der Waals surface area contributed by atoms with E-state index < -0.39 is 0 Å². The lowest BCUT2D eigenvalue weighted by molar-refractivity contribution is -0.151. The van der Waals surface area contributed by atoms with Gasteiger partial charge in [0.15, 0.2) is 0 Å². The van der Waals surface area contributed by atoms with Gasteiger partial charge in [0.2, 0.25) is 5.91 Å². The third kappa shape index (κ3) is 4.60. The van der Waals surface area contributed by atoms with Crippen molar-refractivity contribution >= 4 is 23.4 Å². The zero-order valence-corrected chi connectivity index (χ0v) is 17.9. The second kappa shape index (κ2) is 8.62. The molecule has 2 amide bonds. The fraction of sp³-hybridized carbons (Fsp3) is 0.636. The van der Waals surface area contributed by atoms with Crippen LogP contribution < -0.4 is 0 Å². The van der Waals surface area contributed by atoms with Crippen LogP contribution in [0.5, 0.6) is 0 Å². The van der Waals surface area contributed by atoms with E-state index in [1.54, 1.807) is 24.3 Å². The summed E-state index contributed by atoms with van der Waals surface area (Å²) in [4.78, 5) is 32.0. The summed E-state index contributed by atoms with van der Waals surface area (Å²) in [7, 11) is 2.11. The number of likely N-dealkylation sites (tertiary alicyclic amines) is 2. The van der Waals surface area contributed by atoms with Gasteiger partial charge >= 0.3 is 0 Å². The van der Waals surface area contributed by atoms with Crippen LogP contribution in [0.15, 0.2) is 24.3 Å². The van der Waals surface area contributed by atoms with Gasteiger partial charge in [-0.25, -0.2) is 0 Å². The highest BCUT2D eigenvalue weighted by Crippen LogP contribution is 2.32. The Hall–Kier alpha value is -1.63. The number of piperidine rings is 2. The maximum Gasteiger partial charge on any atom is 0.254 e. The van der Waals surface area contributed by atoms with Crippen molar-refractivity contribution in [2.45, 2.75) is 31.3 Å². The number of halogens is 1. The van der Waals surface area contributed by atoms with Crippen molar-refractivity contribution in [1.29, 1.82) is 0 Å². The summed E-state index contributed by atoms with van der Waals surface area (Å²) in [6.07, 6.45) is 3.49. The Morgan fingerprint density at radius 1 is 1.00 bits per heavy atom. The minimum atomic E-state index is -0.329. The fourth-order valence-electron chi connectivity index (χ4n) is 4.74. The zero-order valence-electron chi connectivity index (χ0n) is 17.1. The molecule has 3 heterocycles. The molecule has 0 radical (unpaired) electrons. The number of hydrogen-bond donors (Lipinski definition) is 0. The third-order valence-corrected chi connectivity index (χ3v) is 6.93. The number of ether oxygens (including phenoxy) is 1. The molecule has 29 heavy (non-hydrogen) atoms. The standard InChI is InChI=1S/C22H30ClN3O3/c1-24-10-6-18(7-11-24)20(27)25-12-8-22(9-13-25)16-26(14-15-29-22)21(28)17-2-4-19(23)5-3-17/h2-5,18H,6-16H2,1H3. The number of rotatable bonds is 2. The lowest BCUT2D eigenvalue weighted by Crippen LogP contribution is -2.59. The summed E-state index contributed by atoms with van der Waals surface area (Å²) in [6, 6.07) is 7.04. The van der Waals surface area contributed by atoms with Crippen LogP contribution in [-0.4, -0.2) is 85.0 Å². The Kier molecular flexibility index (Phi) is 6.13. The van der Waals surface area contributed by atoms with Crippen LogP contribution in [0, 0.1) is 5.92 Å². The van der Waals surface area contributed by atoms with E-state index >= 15 is 0 Å². The van der Waals surface area contributed by atoms with Crippen molar-refractivity contribution in [1.82, 2.24) is 14.7 Å². The molecule has 3 aliphatic heterocycles. The SMILES string of the molecule is CN1CCC(C(=O)N2CCC3(CC2)CN(C(=O)c2ccc(Cl)cc2)CCO3)CC1. The van der Waals surface area contributed by atoms with Gasteiger partial charge < -0.3 is 19.4 Å². The van der Waals surface area contributed by atoms with Gasteiger partial charge in [-0.15, -0.1) is 0 Å². The molecular formula is C22H30ClN3O3. The molecule has 0 unspecified atom stereocenters. The lowest BCUT2D eigenvalue weighted by Gasteiger charge is -2.47. The normalized spacial score (nSPS) is 23.4. The zero-order chi connectivity index (χ0) is 20.4. The maximum absolute atomic E-state index is 12.9. The highest BCUT2D eigenvalue weighted by Gasteiger charge is 2.42. The summed E-state index contributed by atoms with van der Waals surface area (Å²) in [5, 5.41) is 0.627. The van der Waals surface area contributed by atoms with E-state index in [1.807, 2.05) is 9.80 Å². The molecule has 1 aromatic carbocycles. The van der Waals surface area contributed by atoms with Gasteiger partial charge in [0.05, 0.1) is 18.8 Å². The minimum absolute atomic E-state index is 0.0224. The number of benzene rings is 1. The van der Waals surface area contributed by atoms with E-state index in [-0.39, 0.29) is 17.4 Å². The van der Waals surface area contributed by atoms with E-state index in [0.29, 0.717) is 49.3 Å². The average molecular weight is 420 g/mol. The quantitative estimate of drug-likeness (QED) is 0.739. The molecule has 0 N–H and O–H groups in total. The molecule has 3 aliphatic rings. The van der Waals surface area contributed by atoms with Crippen molar-refractivity contribution in [3.63, 3.8) is 0 Å². The molecule has 7 heteroatoms. The predicted molar refractivity (Wildman–Crippen MR) is 112 cm³/mol. The molecular weight excluding hydrogens is 390 g/mol. The van der Waals surface area contributed by atoms with Gasteiger partial charge in [-0.3, -0.25) is 9.59 Å². The van der Waals surface area contributed by atoms with Crippen molar-refractivity contribution in [2.24, 2.45) is 5.92 Å². The Bertz CT molecular complexity index is 738. The summed E-state index contributed by atoms with van der Waals surface area (Å²) in [5.41, 5.74) is 0.325. The molecule has 0 atom stereocenters. The van der Waals surface area contributed by atoms with Gasteiger partial charge in [0, 0.05) is 36.1 Å². The number of carbonyl (C=O) groups is 2. The molecule has 4 rings (SSSR count). The minimum Gasteiger partial charge on any atom is -0.371 e. The number of carbonyl (C=O) groups excluding carboxylic acids is 2. The summed E-state index contributed by atoms with van der Waals surface area (Å²) in [6.45, 7) is 5.16. The van der Waals surface area contributed by atoms with Crippen molar-refractivity contribution < 1.29 is 14.3 Å². The Morgan fingerprint density at radius 3 is 2.31 bits per heavy atom. The maximum atomic E-state index is 12.9. The van der Waals surface area contributed by atoms with Crippen LogP contribution in [0.1, 0.15) is 36.0 Å². The van der Waals surface area contributed by atoms with Gasteiger partial charge in [-0.05, 0) is 70.1 Å².